The van der Waals surface area contributed by atoms with Gasteiger partial charge in [0.25, 0.3) is 0 Å². The average Bonchev–Trinajstić information content (AvgIpc) is 3.54. The predicted molar refractivity (Wildman–Crippen MR) is 112 cm³/mol. The summed E-state index contributed by atoms with van der Waals surface area (Å²) in [6.07, 6.45) is 1.07. The van der Waals surface area contributed by atoms with Crippen LogP contribution in [0.1, 0.15) is 23.6 Å². The lowest BCUT2D eigenvalue weighted by Crippen LogP contribution is -2.13. The molecule has 4 aromatic rings. The molecule has 0 spiro atoms. The summed E-state index contributed by atoms with van der Waals surface area (Å²) in [6.45, 7) is 4.17. The van der Waals surface area contributed by atoms with Crippen LogP contribution in [-0.2, 0) is 22.6 Å². The molecule has 0 radical (unpaired) electrons. The molecule has 10 heteroatoms. The number of pyridine rings is 1. The van der Waals surface area contributed by atoms with E-state index in [1.54, 1.807) is 11.7 Å². The van der Waals surface area contributed by atoms with Gasteiger partial charge in [-0.15, -0.1) is 5.10 Å². The van der Waals surface area contributed by atoms with Crippen molar-refractivity contribution in [3.8, 4) is 11.5 Å². The number of ether oxygens (including phenoxy) is 2. The van der Waals surface area contributed by atoms with E-state index in [-0.39, 0.29) is 6.10 Å². The number of nitrogens with zero attached hydrogens (tertiary/aromatic N) is 6. The maximum atomic E-state index is 5.88. The molecule has 0 aliphatic carbocycles. The number of hydrogen-bond acceptors (Lipinski definition) is 9. The number of rotatable bonds is 7. The summed E-state index contributed by atoms with van der Waals surface area (Å²) in [5.41, 5.74) is 3.49. The maximum absolute atomic E-state index is 5.88. The third kappa shape index (κ3) is 4.12. The number of aryl methyl sites for hydroxylation is 1. The number of hydrogen-bond donors (Lipinski definition) is 1. The van der Waals surface area contributed by atoms with Gasteiger partial charge in [-0.2, -0.15) is 4.98 Å². The third-order valence-electron chi connectivity index (χ3n) is 5.09. The maximum Gasteiger partial charge on any atom is 0.225 e. The second-order valence-electron chi connectivity index (χ2n) is 7.39. The van der Waals surface area contributed by atoms with Crippen LogP contribution in [0.4, 0.5) is 5.95 Å². The second kappa shape index (κ2) is 8.40. The highest BCUT2D eigenvalue weighted by molar-refractivity contribution is 5.86. The van der Waals surface area contributed by atoms with E-state index in [1.165, 1.54) is 0 Å². The minimum Gasteiger partial charge on any atom is -0.460 e. The highest BCUT2D eigenvalue weighted by atomic mass is 16.5. The molecule has 0 aromatic carbocycles. The number of anilines is 1. The smallest absolute Gasteiger partial charge is 0.225 e. The standard InChI is InChI=1S/C21H23N7O3/c1-13-6-7-17(31-13)18-19-20(25-21(22-2)24-18)28(27-26-19)10-14-4-3-5-15(23-14)11-30-16-8-9-29-12-16/h3-7,16H,8-12H2,1-2H3,(H,22,24,25)/t16-/m1/s1. The van der Waals surface area contributed by atoms with E-state index in [4.69, 9.17) is 18.9 Å². The van der Waals surface area contributed by atoms with Gasteiger partial charge < -0.3 is 19.2 Å². The predicted octanol–water partition coefficient (Wildman–Crippen LogP) is 2.58. The fourth-order valence-corrected chi connectivity index (χ4v) is 3.51. The zero-order chi connectivity index (χ0) is 21.2. The quantitative estimate of drug-likeness (QED) is 0.481. The minimum atomic E-state index is 0.144. The third-order valence-corrected chi connectivity index (χ3v) is 5.09. The Kier molecular flexibility index (Phi) is 5.31. The Hall–Kier alpha value is -3.37. The Morgan fingerprint density at radius 3 is 2.84 bits per heavy atom. The van der Waals surface area contributed by atoms with Crippen LogP contribution in [0.2, 0.25) is 0 Å². The topological polar surface area (TPSA) is 113 Å². The number of furan rings is 1. The van der Waals surface area contributed by atoms with Crippen LogP contribution < -0.4 is 5.32 Å². The van der Waals surface area contributed by atoms with E-state index in [0.29, 0.717) is 48.3 Å². The number of nitrogens with one attached hydrogen (secondary N) is 1. The SMILES string of the molecule is CNc1nc(-c2ccc(C)o2)c2nnn(Cc3cccc(CO[C@@H]4CCOC4)n3)c2n1. The van der Waals surface area contributed by atoms with E-state index >= 15 is 0 Å². The Balaban J connectivity index is 1.42. The molecule has 0 amide bonds. The Bertz CT molecular complexity index is 1200. The summed E-state index contributed by atoms with van der Waals surface area (Å²) in [4.78, 5) is 13.8. The van der Waals surface area contributed by atoms with Crippen molar-refractivity contribution in [2.24, 2.45) is 0 Å². The van der Waals surface area contributed by atoms with Gasteiger partial charge in [0.1, 0.15) is 11.5 Å². The lowest BCUT2D eigenvalue weighted by Gasteiger charge is -2.10. The van der Waals surface area contributed by atoms with Gasteiger partial charge in [-0.05, 0) is 37.6 Å². The van der Waals surface area contributed by atoms with Crippen molar-refractivity contribution in [1.82, 2.24) is 29.9 Å². The minimum absolute atomic E-state index is 0.144. The van der Waals surface area contributed by atoms with Crippen molar-refractivity contribution in [3.05, 3.63) is 47.5 Å². The van der Waals surface area contributed by atoms with E-state index in [2.05, 4.69) is 25.6 Å². The molecule has 0 saturated carbocycles. The van der Waals surface area contributed by atoms with E-state index in [0.717, 1.165) is 30.2 Å². The van der Waals surface area contributed by atoms with Crippen LogP contribution >= 0.6 is 0 Å². The van der Waals surface area contributed by atoms with Gasteiger partial charge in [0, 0.05) is 13.7 Å². The zero-order valence-electron chi connectivity index (χ0n) is 17.4. The summed E-state index contributed by atoms with van der Waals surface area (Å²) >= 11 is 0. The van der Waals surface area contributed by atoms with Crippen molar-refractivity contribution in [1.29, 1.82) is 0 Å². The molecule has 1 atom stereocenters. The van der Waals surface area contributed by atoms with Crippen molar-refractivity contribution < 1.29 is 13.9 Å². The van der Waals surface area contributed by atoms with Crippen LogP contribution in [0.15, 0.2) is 34.7 Å². The van der Waals surface area contributed by atoms with E-state index in [1.807, 2.05) is 37.3 Å². The molecular weight excluding hydrogens is 398 g/mol. The highest BCUT2D eigenvalue weighted by Gasteiger charge is 2.19. The van der Waals surface area contributed by atoms with Crippen molar-refractivity contribution in [2.75, 3.05) is 25.6 Å². The first-order valence-corrected chi connectivity index (χ1v) is 10.2. The highest BCUT2D eigenvalue weighted by Crippen LogP contribution is 2.27. The molecule has 160 valence electrons. The molecule has 31 heavy (non-hydrogen) atoms. The molecule has 1 aliphatic heterocycles. The number of fused-ring (bicyclic) bond motifs is 1. The molecule has 5 heterocycles. The Labute approximate surface area is 178 Å². The molecule has 1 saturated heterocycles. The fourth-order valence-electron chi connectivity index (χ4n) is 3.51. The lowest BCUT2D eigenvalue weighted by atomic mass is 10.2. The van der Waals surface area contributed by atoms with Crippen LogP contribution in [0.3, 0.4) is 0 Å². The molecule has 5 rings (SSSR count). The molecule has 1 N–H and O–H groups in total. The molecule has 0 bridgehead atoms. The van der Waals surface area contributed by atoms with Gasteiger partial charge in [-0.25, -0.2) is 9.67 Å². The van der Waals surface area contributed by atoms with Gasteiger partial charge in [-0.3, -0.25) is 4.98 Å². The summed E-state index contributed by atoms with van der Waals surface area (Å²) in [7, 11) is 1.77. The van der Waals surface area contributed by atoms with Crippen LogP contribution in [0, 0.1) is 6.92 Å². The lowest BCUT2D eigenvalue weighted by molar-refractivity contribution is 0.0301. The van der Waals surface area contributed by atoms with Crippen molar-refractivity contribution >= 4 is 17.1 Å². The summed E-state index contributed by atoms with van der Waals surface area (Å²) < 4.78 is 18.7. The summed E-state index contributed by atoms with van der Waals surface area (Å²) in [5.74, 6) is 1.89. The van der Waals surface area contributed by atoms with E-state index in [9.17, 15) is 0 Å². The first-order valence-electron chi connectivity index (χ1n) is 10.2. The fraction of sp³-hybridized carbons (Fsp3) is 0.381. The van der Waals surface area contributed by atoms with Crippen LogP contribution in [0.25, 0.3) is 22.6 Å². The molecule has 10 nitrogen and oxygen atoms in total. The molecule has 1 fully saturated rings. The van der Waals surface area contributed by atoms with Gasteiger partial charge in [0.15, 0.2) is 16.9 Å². The largest absolute Gasteiger partial charge is 0.460 e. The summed E-state index contributed by atoms with van der Waals surface area (Å²) in [6, 6.07) is 9.64. The van der Waals surface area contributed by atoms with Crippen molar-refractivity contribution in [2.45, 2.75) is 32.6 Å². The van der Waals surface area contributed by atoms with Crippen LogP contribution in [-0.4, -0.2) is 56.3 Å². The summed E-state index contributed by atoms with van der Waals surface area (Å²) in [5, 5.41) is 11.6. The molecular formula is C21H23N7O3. The Morgan fingerprint density at radius 1 is 1.16 bits per heavy atom. The van der Waals surface area contributed by atoms with Gasteiger partial charge in [-0.1, -0.05) is 11.3 Å². The van der Waals surface area contributed by atoms with E-state index < -0.39 is 0 Å². The van der Waals surface area contributed by atoms with Crippen molar-refractivity contribution in [3.63, 3.8) is 0 Å². The first-order chi connectivity index (χ1) is 15.2. The molecule has 4 aromatic heterocycles. The second-order valence-corrected chi connectivity index (χ2v) is 7.39. The molecule has 0 unspecified atom stereocenters. The van der Waals surface area contributed by atoms with Gasteiger partial charge in [0.2, 0.25) is 5.95 Å². The van der Waals surface area contributed by atoms with Crippen LogP contribution in [0.5, 0.6) is 0 Å². The monoisotopic (exact) mass is 421 g/mol. The average molecular weight is 421 g/mol. The van der Waals surface area contributed by atoms with Gasteiger partial charge in [0.05, 0.1) is 37.3 Å². The van der Waals surface area contributed by atoms with Gasteiger partial charge >= 0.3 is 0 Å². The normalized spacial score (nSPS) is 16.3. The Morgan fingerprint density at radius 2 is 2.06 bits per heavy atom. The number of aromatic nitrogens is 6. The first kappa shape index (κ1) is 19.6. The molecule has 1 aliphatic rings. The zero-order valence-corrected chi connectivity index (χ0v) is 17.4.